The molecule has 1 saturated carbocycles. The second-order valence-corrected chi connectivity index (χ2v) is 7.29. The fraction of sp³-hybridized carbons (Fsp3) is 0.647. The van der Waals surface area contributed by atoms with Crippen LogP contribution in [-0.2, 0) is 9.59 Å². The minimum atomic E-state index is -0.193. The number of hydrogen-bond donors (Lipinski definition) is 0. The molecule has 1 unspecified atom stereocenters. The van der Waals surface area contributed by atoms with Crippen molar-refractivity contribution in [1.29, 1.82) is 0 Å². The van der Waals surface area contributed by atoms with Gasteiger partial charge in [-0.2, -0.15) is 0 Å². The summed E-state index contributed by atoms with van der Waals surface area (Å²) in [5.74, 6) is 2.40. The zero-order valence-electron chi connectivity index (χ0n) is 14.2. The number of likely N-dealkylation sites (tertiary alicyclic amines) is 1. The molecule has 2 saturated heterocycles. The van der Waals surface area contributed by atoms with E-state index in [1.807, 2.05) is 17.2 Å². The number of amides is 2. The topological polar surface area (TPSA) is 69.6 Å². The normalized spacial score (nSPS) is 24.2. The molecule has 3 fully saturated rings. The maximum Gasteiger partial charge on any atom is 0.227 e. The lowest BCUT2D eigenvalue weighted by Crippen LogP contribution is -2.60. The van der Waals surface area contributed by atoms with Crippen LogP contribution >= 0.6 is 0 Å². The van der Waals surface area contributed by atoms with Crippen LogP contribution in [0.4, 0.5) is 5.82 Å². The Labute approximate surface area is 141 Å². The second-order valence-electron chi connectivity index (χ2n) is 7.29. The molecule has 2 amide bonds. The third kappa shape index (κ3) is 2.72. The maximum atomic E-state index is 12.3. The molecule has 0 spiro atoms. The molecule has 1 aromatic rings. The minimum Gasteiger partial charge on any atom is -0.352 e. The number of anilines is 1. The standard InChI is InChI=1S/C17H23N5O2/c1-20(2)17(24)12-7-15(23)22(8-12)13-9-21(10-13)14-5-6-18-16(19-14)11-3-4-11/h5-6,11-13H,3-4,7-10H2,1-2H3. The van der Waals surface area contributed by atoms with Crippen molar-refractivity contribution in [3.63, 3.8) is 0 Å². The highest BCUT2D eigenvalue weighted by Gasteiger charge is 2.43. The van der Waals surface area contributed by atoms with Gasteiger partial charge in [0, 0.05) is 52.3 Å². The minimum absolute atomic E-state index is 0.0481. The van der Waals surface area contributed by atoms with Crippen molar-refractivity contribution < 1.29 is 9.59 Å². The molecule has 0 N–H and O–H groups in total. The molecule has 7 heteroatoms. The summed E-state index contributed by atoms with van der Waals surface area (Å²) in [4.78, 5) is 39.0. The lowest BCUT2D eigenvalue weighted by atomic mass is 10.1. The van der Waals surface area contributed by atoms with E-state index in [-0.39, 0.29) is 23.8 Å². The molecule has 3 aliphatic rings. The molecular weight excluding hydrogens is 306 g/mol. The van der Waals surface area contributed by atoms with Gasteiger partial charge in [-0.25, -0.2) is 9.97 Å². The van der Waals surface area contributed by atoms with Crippen LogP contribution in [0.15, 0.2) is 12.3 Å². The molecule has 24 heavy (non-hydrogen) atoms. The first kappa shape index (κ1) is 15.4. The van der Waals surface area contributed by atoms with Crippen molar-refractivity contribution in [3.05, 3.63) is 18.1 Å². The van der Waals surface area contributed by atoms with E-state index in [2.05, 4.69) is 14.9 Å². The van der Waals surface area contributed by atoms with Gasteiger partial charge in [-0.05, 0) is 18.9 Å². The van der Waals surface area contributed by atoms with Crippen molar-refractivity contribution in [2.75, 3.05) is 38.6 Å². The van der Waals surface area contributed by atoms with Gasteiger partial charge < -0.3 is 14.7 Å². The van der Waals surface area contributed by atoms with Crippen LogP contribution in [0, 0.1) is 5.92 Å². The highest BCUT2D eigenvalue weighted by atomic mass is 16.2. The zero-order valence-corrected chi connectivity index (χ0v) is 14.2. The molecule has 1 aliphatic carbocycles. The smallest absolute Gasteiger partial charge is 0.227 e. The Balaban J connectivity index is 1.36. The highest BCUT2D eigenvalue weighted by molar-refractivity contribution is 5.89. The Morgan fingerprint density at radius 1 is 1.25 bits per heavy atom. The van der Waals surface area contributed by atoms with Gasteiger partial charge in [0.2, 0.25) is 11.8 Å². The summed E-state index contributed by atoms with van der Waals surface area (Å²) in [6.07, 6.45) is 4.55. The molecule has 2 aliphatic heterocycles. The molecule has 128 valence electrons. The second kappa shape index (κ2) is 5.72. The summed E-state index contributed by atoms with van der Waals surface area (Å²) in [6, 6.07) is 2.13. The number of hydrogen-bond acceptors (Lipinski definition) is 5. The quantitative estimate of drug-likeness (QED) is 0.804. The summed E-state index contributed by atoms with van der Waals surface area (Å²) in [7, 11) is 3.49. The Bertz CT molecular complexity index is 667. The molecule has 4 rings (SSSR count). The molecular formula is C17H23N5O2. The number of rotatable bonds is 4. The summed E-state index contributed by atoms with van der Waals surface area (Å²) < 4.78 is 0. The fourth-order valence-corrected chi connectivity index (χ4v) is 3.53. The van der Waals surface area contributed by atoms with E-state index in [0.29, 0.717) is 18.9 Å². The van der Waals surface area contributed by atoms with Crippen LogP contribution in [-0.4, -0.2) is 71.4 Å². The Morgan fingerprint density at radius 3 is 2.67 bits per heavy atom. The predicted molar refractivity (Wildman–Crippen MR) is 88.5 cm³/mol. The van der Waals surface area contributed by atoms with Crippen molar-refractivity contribution in [2.45, 2.75) is 31.2 Å². The first-order valence-electron chi connectivity index (χ1n) is 8.61. The summed E-state index contributed by atoms with van der Waals surface area (Å²) >= 11 is 0. The van der Waals surface area contributed by atoms with Crippen LogP contribution in [0.5, 0.6) is 0 Å². The first-order valence-corrected chi connectivity index (χ1v) is 8.61. The van der Waals surface area contributed by atoms with Crippen molar-refractivity contribution in [2.24, 2.45) is 5.92 Å². The summed E-state index contributed by atoms with van der Waals surface area (Å²) in [6.45, 7) is 2.12. The van der Waals surface area contributed by atoms with Gasteiger partial charge in [-0.1, -0.05) is 0 Å². The molecule has 0 aromatic carbocycles. The maximum absolute atomic E-state index is 12.3. The van der Waals surface area contributed by atoms with Crippen molar-refractivity contribution >= 4 is 17.6 Å². The average molecular weight is 329 g/mol. The SMILES string of the molecule is CN(C)C(=O)C1CC(=O)N(C2CN(c3ccnc(C4CC4)n3)C2)C1. The number of nitrogens with zero attached hydrogens (tertiary/aromatic N) is 5. The fourth-order valence-electron chi connectivity index (χ4n) is 3.53. The van der Waals surface area contributed by atoms with Crippen molar-refractivity contribution in [3.8, 4) is 0 Å². The lowest BCUT2D eigenvalue weighted by molar-refractivity contribution is -0.133. The number of carbonyl (C=O) groups is 2. The van der Waals surface area contributed by atoms with Gasteiger partial charge in [0.25, 0.3) is 0 Å². The van der Waals surface area contributed by atoms with E-state index in [9.17, 15) is 9.59 Å². The number of carbonyl (C=O) groups excluding carboxylic acids is 2. The lowest BCUT2D eigenvalue weighted by Gasteiger charge is -2.44. The predicted octanol–water partition coefficient (Wildman–Crippen LogP) is 0.479. The van der Waals surface area contributed by atoms with Gasteiger partial charge in [-0.3, -0.25) is 9.59 Å². The summed E-state index contributed by atoms with van der Waals surface area (Å²) in [5, 5.41) is 0. The first-order chi connectivity index (χ1) is 11.5. The van der Waals surface area contributed by atoms with Gasteiger partial charge in [0.05, 0.1) is 12.0 Å². The zero-order chi connectivity index (χ0) is 16.8. The van der Waals surface area contributed by atoms with Gasteiger partial charge in [-0.15, -0.1) is 0 Å². The highest BCUT2D eigenvalue weighted by Crippen LogP contribution is 2.38. The van der Waals surface area contributed by atoms with E-state index < -0.39 is 0 Å². The monoisotopic (exact) mass is 329 g/mol. The number of aromatic nitrogens is 2. The van der Waals surface area contributed by atoms with Gasteiger partial charge in [0.15, 0.2) is 0 Å². The van der Waals surface area contributed by atoms with E-state index in [1.165, 1.54) is 12.8 Å². The Morgan fingerprint density at radius 2 is 2.00 bits per heavy atom. The van der Waals surface area contributed by atoms with Gasteiger partial charge >= 0.3 is 0 Å². The van der Waals surface area contributed by atoms with Crippen LogP contribution < -0.4 is 4.90 Å². The molecule has 7 nitrogen and oxygen atoms in total. The summed E-state index contributed by atoms with van der Waals surface area (Å²) in [5.41, 5.74) is 0. The average Bonchev–Trinajstić information content (AvgIpc) is 3.30. The van der Waals surface area contributed by atoms with Crippen LogP contribution in [0.1, 0.15) is 31.0 Å². The van der Waals surface area contributed by atoms with Crippen LogP contribution in [0.25, 0.3) is 0 Å². The van der Waals surface area contributed by atoms with E-state index in [0.717, 1.165) is 24.7 Å². The third-order valence-electron chi connectivity index (χ3n) is 5.18. The Kier molecular flexibility index (Phi) is 3.66. The van der Waals surface area contributed by atoms with E-state index >= 15 is 0 Å². The molecule has 0 radical (unpaired) electrons. The largest absolute Gasteiger partial charge is 0.352 e. The molecule has 1 aromatic heterocycles. The van der Waals surface area contributed by atoms with E-state index in [4.69, 9.17) is 0 Å². The molecule has 1 atom stereocenters. The molecule has 3 heterocycles. The third-order valence-corrected chi connectivity index (χ3v) is 5.18. The van der Waals surface area contributed by atoms with Crippen molar-refractivity contribution in [1.82, 2.24) is 19.8 Å². The van der Waals surface area contributed by atoms with E-state index in [1.54, 1.807) is 19.0 Å². The van der Waals surface area contributed by atoms with Crippen LogP contribution in [0.2, 0.25) is 0 Å². The Hall–Kier alpha value is -2.18. The van der Waals surface area contributed by atoms with Crippen LogP contribution in [0.3, 0.4) is 0 Å². The van der Waals surface area contributed by atoms with Gasteiger partial charge in [0.1, 0.15) is 11.6 Å². The molecule has 0 bridgehead atoms.